The molecule has 0 saturated heterocycles. The molecule has 0 bridgehead atoms. The van der Waals surface area contributed by atoms with E-state index in [-0.39, 0.29) is 17.9 Å². The van der Waals surface area contributed by atoms with Gasteiger partial charge in [-0.15, -0.1) is 0 Å². The molecule has 0 fully saturated rings. The molecule has 2 aromatic carbocycles. The van der Waals surface area contributed by atoms with Gasteiger partial charge in [0.25, 0.3) is 0 Å². The minimum Gasteiger partial charge on any atom is -0.504 e. The van der Waals surface area contributed by atoms with Gasteiger partial charge in [-0.25, -0.2) is 0 Å². The molecule has 0 atom stereocenters. The van der Waals surface area contributed by atoms with E-state index in [9.17, 15) is 19.8 Å². The first-order valence-electron chi connectivity index (χ1n) is 15.3. The largest absolute Gasteiger partial charge is 0.504 e. The van der Waals surface area contributed by atoms with Crippen LogP contribution in [0.2, 0.25) is 0 Å². The molecule has 2 amide bonds. The molecule has 40 heavy (non-hydrogen) atoms. The van der Waals surface area contributed by atoms with Crippen LogP contribution in [0.5, 0.6) is 17.2 Å². The number of nitrogens with one attached hydrogen (secondary N) is 2. The zero-order valence-corrected chi connectivity index (χ0v) is 24.4. The average molecular weight is 555 g/mol. The number of ether oxygens (including phenoxy) is 1. The number of rotatable bonds is 22. The maximum absolute atomic E-state index is 12.2. The molecular formula is C33H50N2O5. The number of hydrogen-bond acceptors (Lipinski definition) is 5. The van der Waals surface area contributed by atoms with E-state index in [1.54, 1.807) is 24.3 Å². The van der Waals surface area contributed by atoms with Crippen LogP contribution in [-0.2, 0) is 9.59 Å². The molecule has 0 aliphatic rings. The maximum Gasteiger partial charge on any atom is 0.233 e. The summed E-state index contributed by atoms with van der Waals surface area (Å²) in [5, 5.41) is 24.0. The zero-order valence-electron chi connectivity index (χ0n) is 24.4. The Balaban J connectivity index is 1.44. The predicted molar refractivity (Wildman–Crippen MR) is 163 cm³/mol. The van der Waals surface area contributed by atoms with Crippen molar-refractivity contribution in [2.75, 3.05) is 17.2 Å². The number of carbonyl (C=O) groups is 2. The van der Waals surface area contributed by atoms with E-state index in [0.717, 1.165) is 12.2 Å². The lowest BCUT2D eigenvalue weighted by molar-refractivity contribution is -0.123. The quantitative estimate of drug-likeness (QED) is 0.0504. The Morgan fingerprint density at radius 1 is 0.600 bits per heavy atom. The summed E-state index contributed by atoms with van der Waals surface area (Å²) < 4.78 is 5.82. The van der Waals surface area contributed by atoms with E-state index in [0.29, 0.717) is 18.0 Å². The molecule has 4 N–H and O–H groups in total. The van der Waals surface area contributed by atoms with Crippen LogP contribution in [0.4, 0.5) is 11.4 Å². The van der Waals surface area contributed by atoms with Crippen molar-refractivity contribution >= 4 is 23.2 Å². The van der Waals surface area contributed by atoms with Crippen LogP contribution in [-0.4, -0.2) is 28.6 Å². The van der Waals surface area contributed by atoms with Gasteiger partial charge in [0.1, 0.15) is 12.2 Å². The lowest BCUT2D eigenvalue weighted by atomic mass is 10.0. The second kappa shape index (κ2) is 20.7. The molecule has 0 aliphatic carbocycles. The van der Waals surface area contributed by atoms with Crippen LogP contribution in [0.25, 0.3) is 0 Å². The summed E-state index contributed by atoms with van der Waals surface area (Å²) in [6.07, 6.45) is 21.1. The number of amides is 2. The van der Waals surface area contributed by atoms with Crippen LogP contribution < -0.4 is 15.4 Å². The molecule has 222 valence electrons. The van der Waals surface area contributed by atoms with E-state index >= 15 is 0 Å². The second-order valence-electron chi connectivity index (χ2n) is 10.7. The molecule has 7 heteroatoms. The van der Waals surface area contributed by atoms with Crippen molar-refractivity contribution < 1.29 is 24.5 Å². The number of benzene rings is 2. The minimum absolute atomic E-state index is 0.284. The minimum atomic E-state index is -0.527. The molecule has 0 radical (unpaired) electrons. The van der Waals surface area contributed by atoms with Gasteiger partial charge >= 0.3 is 0 Å². The normalized spacial score (nSPS) is 10.8. The third-order valence-electron chi connectivity index (χ3n) is 6.98. The standard InChI is InChI=1S/C33H50N2O5/c1-2-3-4-5-6-7-8-9-10-11-12-13-14-15-16-17-24-40-29-21-18-27(19-22-29)34-32(38)26-33(39)35-28-20-23-30(36)31(37)25-28/h18-23,25,36-37H,2-17,24,26H2,1H3,(H,34,38)(H,35,39). The number of phenolic OH excluding ortho intramolecular Hbond substituents is 2. The molecule has 0 unspecified atom stereocenters. The van der Waals surface area contributed by atoms with Crippen LogP contribution >= 0.6 is 0 Å². The number of unbranched alkanes of at least 4 members (excludes halogenated alkanes) is 15. The maximum atomic E-state index is 12.2. The van der Waals surface area contributed by atoms with Crippen molar-refractivity contribution in [3.63, 3.8) is 0 Å². The Morgan fingerprint density at radius 3 is 1.55 bits per heavy atom. The smallest absolute Gasteiger partial charge is 0.233 e. The van der Waals surface area contributed by atoms with Crippen molar-refractivity contribution in [1.82, 2.24) is 0 Å². The van der Waals surface area contributed by atoms with Gasteiger partial charge < -0.3 is 25.6 Å². The Morgan fingerprint density at radius 2 is 1.05 bits per heavy atom. The highest BCUT2D eigenvalue weighted by Gasteiger charge is 2.11. The summed E-state index contributed by atoms with van der Waals surface area (Å²) >= 11 is 0. The summed E-state index contributed by atoms with van der Waals surface area (Å²) in [6, 6.07) is 11.0. The van der Waals surface area contributed by atoms with Gasteiger partial charge in [0.15, 0.2) is 11.5 Å². The Hall–Kier alpha value is -3.22. The molecule has 0 aromatic heterocycles. The van der Waals surface area contributed by atoms with E-state index in [1.807, 2.05) is 0 Å². The van der Waals surface area contributed by atoms with Gasteiger partial charge in [0.05, 0.1) is 6.61 Å². The number of aromatic hydroxyl groups is 2. The highest BCUT2D eigenvalue weighted by Crippen LogP contribution is 2.27. The van der Waals surface area contributed by atoms with Gasteiger partial charge in [0, 0.05) is 17.4 Å². The fraction of sp³-hybridized carbons (Fsp3) is 0.576. The molecule has 0 heterocycles. The van der Waals surface area contributed by atoms with Crippen LogP contribution in [0.15, 0.2) is 42.5 Å². The third-order valence-corrected chi connectivity index (χ3v) is 6.98. The van der Waals surface area contributed by atoms with Gasteiger partial charge in [-0.3, -0.25) is 9.59 Å². The number of phenols is 2. The second-order valence-corrected chi connectivity index (χ2v) is 10.7. The van der Waals surface area contributed by atoms with Crippen molar-refractivity contribution in [2.45, 2.75) is 116 Å². The summed E-state index contributed by atoms with van der Waals surface area (Å²) in [5.74, 6) is -0.861. The van der Waals surface area contributed by atoms with E-state index in [2.05, 4.69) is 17.6 Å². The van der Waals surface area contributed by atoms with Gasteiger partial charge in [-0.1, -0.05) is 103 Å². The lowest BCUT2D eigenvalue weighted by Gasteiger charge is -2.09. The summed E-state index contributed by atoms with van der Waals surface area (Å²) in [4.78, 5) is 24.2. The van der Waals surface area contributed by atoms with E-state index in [1.165, 1.54) is 115 Å². The topological polar surface area (TPSA) is 108 Å². The summed E-state index contributed by atoms with van der Waals surface area (Å²) in [5.41, 5.74) is 0.869. The van der Waals surface area contributed by atoms with Crippen molar-refractivity contribution in [3.05, 3.63) is 42.5 Å². The molecular weight excluding hydrogens is 504 g/mol. The monoisotopic (exact) mass is 554 g/mol. The van der Waals surface area contributed by atoms with Crippen LogP contribution in [0, 0.1) is 0 Å². The summed E-state index contributed by atoms with van der Waals surface area (Å²) in [6.45, 7) is 2.95. The first kappa shape index (κ1) is 33.0. The SMILES string of the molecule is CCCCCCCCCCCCCCCCCCOc1ccc(NC(=O)CC(=O)Nc2ccc(O)c(O)c2)cc1. The van der Waals surface area contributed by atoms with Crippen molar-refractivity contribution in [2.24, 2.45) is 0 Å². The van der Waals surface area contributed by atoms with Gasteiger partial charge in [0.2, 0.25) is 11.8 Å². The van der Waals surface area contributed by atoms with Crippen molar-refractivity contribution in [1.29, 1.82) is 0 Å². The number of hydrogen-bond donors (Lipinski definition) is 4. The van der Waals surface area contributed by atoms with Crippen LogP contribution in [0.1, 0.15) is 116 Å². The van der Waals surface area contributed by atoms with Crippen LogP contribution in [0.3, 0.4) is 0 Å². The average Bonchev–Trinajstić information content (AvgIpc) is 2.93. The molecule has 2 rings (SSSR count). The summed E-state index contributed by atoms with van der Waals surface area (Å²) in [7, 11) is 0. The predicted octanol–water partition coefficient (Wildman–Crippen LogP) is 8.71. The molecule has 0 aliphatic heterocycles. The highest BCUT2D eigenvalue weighted by molar-refractivity contribution is 6.08. The number of anilines is 2. The highest BCUT2D eigenvalue weighted by atomic mass is 16.5. The third kappa shape index (κ3) is 15.4. The lowest BCUT2D eigenvalue weighted by Crippen LogP contribution is -2.21. The molecule has 2 aromatic rings. The zero-order chi connectivity index (χ0) is 28.8. The molecule has 0 spiro atoms. The number of carbonyl (C=O) groups excluding carboxylic acids is 2. The fourth-order valence-corrected chi connectivity index (χ4v) is 4.63. The van der Waals surface area contributed by atoms with Crippen molar-refractivity contribution in [3.8, 4) is 17.2 Å². The first-order valence-corrected chi connectivity index (χ1v) is 15.3. The Kier molecular flexibility index (Phi) is 17.0. The van der Waals surface area contributed by atoms with Gasteiger partial charge in [-0.05, 0) is 42.8 Å². The van der Waals surface area contributed by atoms with Gasteiger partial charge in [-0.2, -0.15) is 0 Å². The first-order chi connectivity index (χ1) is 19.5. The molecule has 0 saturated carbocycles. The Labute approximate surface area is 240 Å². The van der Waals surface area contributed by atoms with E-state index < -0.39 is 11.8 Å². The Bertz CT molecular complexity index is 977. The molecule has 7 nitrogen and oxygen atoms in total. The fourth-order valence-electron chi connectivity index (χ4n) is 4.63. The van der Waals surface area contributed by atoms with E-state index in [4.69, 9.17) is 4.74 Å².